The number of carboxylic acid groups (broad SMARTS) is 1. The smallest absolute Gasteiger partial charge is 0.371 e. The monoisotopic (exact) mass is 302 g/mol. The predicted octanol–water partition coefficient (Wildman–Crippen LogP) is 1.81. The third-order valence-electron chi connectivity index (χ3n) is 2.44. The average Bonchev–Trinajstić information content (AvgIpc) is 2.83. The zero-order valence-corrected chi connectivity index (χ0v) is 12.4. The zero-order chi connectivity index (χ0) is 15.3. The molecular formula is C13H18O6S. The van der Waals surface area contributed by atoms with Crippen molar-refractivity contribution in [3.05, 3.63) is 23.7 Å². The number of carbonyl (C=O) groups excluding carboxylic acids is 1. The first-order valence-electron chi connectivity index (χ1n) is 6.17. The van der Waals surface area contributed by atoms with Crippen LogP contribution in [0.5, 0.6) is 0 Å². The van der Waals surface area contributed by atoms with E-state index in [-0.39, 0.29) is 29.8 Å². The van der Waals surface area contributed by atoms with Crippen molar-refractivity contribution >= 4 is 22.7 Å². The van der Waals surface area contributed by atoms with Gasteiger partial charge in [-0.05, 0) is 25.0 Å². The molecule has 0 saturated carbocycles. The molecule has 0 amide bonds. The van der Waals surface area contributed by atoms with Gasteiger partial charge in [0.15, 0.2) is 0 Å². The fraction of sp³-hybridized carbons (Fsp3) is 0.538. The molecule has 1 aromatic rings. The Morgan fingerprint density at radius 2 is 2.00 bits per heavy atom. The van der Waals surface area contributed by atoms with Crippen LogP contribution >= 0.6 is 0 Å². The van der Waals surface area contributed by atoms with Crippen molar-refractivity contribution in [2.24, 2.45) is 5.92 Å². The summed E-state index contributed by atoms with van der Waals surface area (Å²) in [6.45, 7) is 5.61. The van der Waals surface area contributed by atoms with Crippen LogP contribution in [0.15, 0.2) is 16.5 Å². The van der Waals surface area contributed by atoms with Crippen LogP contribution in [0.1, 0.15) is 37.1 Å². The van der Waals surface area contributed by atoms with Crippen LogP contribution in [-0.2, 0) is 26.1 Å². The summed E-state index contributed by atoms with van der Waals surface area (Å²) in [4.78, 5) is 22.3. The van der Waals surface area contributed by atoms with Crippen LogP contribution < -0.4 is 0 Å². The lowest BCUT2D eigenvalue weighted by Crippen LogP contribution is -2.27. The Hall–Kier alpha value is -1.63. The topological polar surface area (TPSA) is 93.8 Å². The lowest BCUT2D eigenvalue weighted by molar-refractivity contribution is -0.143. The van der Waals surface area contributed by atoms with E-state index in [4.69, 9.17) is 14.3 Å². The molecule has 0 aromatic carbocycles. The fourth-order valence-corrected chi connectivity index (χ4v) is 2.28. The molecule has 0 bridgehead atoms. The highest BCUT2D eigenvalue weighted by Crippen LogP contribution is 2.13. The average molecular weight is 302 g/mol. The number of esters is 1. The van der Waals surface area contributed by atoms with Gasteiger partial charge in [0.25, 0.3) is 0 Å². The van der Waals surface area contributed by atoms with Gasteiger partial charge in [0.2, 0.25) is 5.76 Å². The van der Waals surface area contributed by atoms with Gasteiger partial charge in [-0.1, -0.05) is 13.8 Å². The highest BCUT2D eigenvalue weighted by Gasteiger charge is 2.23. The maximum atomic E-state index is 12.0. The molecule has 0 radical (unpaired) electrons. The SMILES string of the molecule is CC(C)COC(=O)C(C)S(=O)Cc1ccc(C(=O)O)o1. The summed E-state index contributed by atoms with van der Waals surface area (Å²) in [6.07, 6.45) is 0. The van der Waals surface area contributed by atoms with Gasteiger partial charge in [-0.2, -0.15) is 0 Å². The van der Waals surface area contributed by atoms with E-state index in [9.17, 15) is 13.8 Å². The Kier molecular flexibility index (Phi) is 5.94. The number of furan rings is 1. The van der Waals surface area contributed by atoms with Crippen LogP contribution in [-0.4, -0.2) is 33.1 Å². The van der Waals surface area contributed by atoms with Gasteiger partial charge in [-0.15, -0.1) is 0 Å². The number of hydrogen-bond acceptors (Lipinski definition) is 5. The van der Waals surface area contributed by atoms with Gasteiger partial charge >= 0.3 is 11.9 Å². The molecule has 2 unspecified atom stereocenters. The summed E-state index contributed by atoms with van der Waals surface area (Å²) >= 11 is 0. The third kappa shape index (κ3) is 4.80. The van der Waals surface area contributed by atoms with E-state index in [1.165, 1.54) is 19.1 Å². The number of aromatic carboxylic acids is 1. The molecule has 112 valence electrons. The molecule has 7 heteroatoms. The minimum atomic E-state index is -1.52. The van der Waals surface area contributed by atoms with Gasteiger partial charge in [0, 0.05) is 10.8 Å². The van der Waals surface area contributed by atoms with Crippen molar-refractivity contribution in [1.29, 1.82) is 0 Å². The van der Waals surface area contributed by atoms with Crippen LogP contribution in [0.25, 0.3) is 0 Å². The van der Waals surface area contributed by atoms with Crippen molar-refractivity contribution in [3.8, 4) is 0 Å². The molecule has 0 saturated heterocycles. The van der Waals surface area contributed by atoms with Gasteiger partial charge in [-0.25, -0.2) is 4.79 Å². The molecule has 2 atom stereocenters. The summed E-state index contributed by atoms with van der Waals surface area (Å²) < 4.78 is 22.0. The Bertz CT molecular complexity index is 505. The van der Waals surface area contributed by atoms with Crippen molar-refractivity contribution in [3.63, 3.8) is 0 Å². The van der Waals surface area contributed by atoms with E-state index < -0.39 is 28.0 Å². The Balaban J connectivity index is 2.56. The molecule has 1 aromatic heterocycles. The van der Waals surface area contributed by atoms with E-state index >= 15 is 0 Å². The third-order valence-corrected chi connectivity index (χ3v) is 3.99. The second kappa shape index (κ2) is 7.23. The second-order valence-electron chi connectivity index (χ2n) is 4.76. The molecule has 1 rings (SSSR count). The summed E-state index contributed by atoms with van der Waals surface area (Å²) in [5, 5.41) is 7.92. The van der Waals surface area contributed by atoms with Gasteiger partial charge in [-0.3, -0.25) is 9.00 Å². The van der Waals surface area contributed by atoms with E-state index in [0.29, 0.717) is 0 Å². The van der Waals surface area contributed by atoms with Gasteiger partial charge in [0.1, 0.15) is 11.0 Å². The molecule has 0 fully saturated rings. The zero-order valence-electron chi connectivity index (χ0n) is 11.6. The Morgan fingerprint density at radius 1 is 1.35 bits per heavy atom. The summed E-state index contributed by atoms with van der Waals surface area (Å²) in [5.74, 6) is -1.47. The maximum Gasteiger partial charge on any atom is 0.371 e. The molecule has 6 nitrogen and oxygen atoms in total. The molecule has 0 aliphatic rings. The van der Waals surface area contributed by atoms with E-state index in [1.807, 2.05) is 13.8 Å². The van der Waals surface area contributed by atoms with Crippen LogP contribution in [0.3, 0.4) is 0 Å². The highest BCUT2D eigenvalue weighted by atomic mass is 32.2. The standard InChI is InChI=1S/C13H18O6S/c1-8(2)6-18-13(16)9(3)20(17)7-10-4-5-11(19-10)12(14)15/h4-5,8-9H,6-7H2,1-3H3,(H,14,15). The number of ether oxygens (including phenoxy) is 1. The molecule has 0 aliphatic carbocycles. The first-order valence-corrected chi connectivity index (χ1v) is 7.55. The van der Waals surface area contributed by atoms with Gasteiger partial charge in [0.05, 0.1) is 12.4 Å². The van der Waals surface area contributed by atoms with Crippen LogP contribution in [0, 0.1) is 5.92 Å². The Labute approximate surface area is 119 Å². The molecular weight excluding hydrogens is 284 g/mol. The molecule has 1 N–H and O–H groups in total. The predicted molar refractivity (Wildman–Crippen MR) is 72.8 cm³/mol. The van der Waals surface area contributed by atoms with Crippen molar-refractivity contribution < 1.29 is 28.1 Å². The summed E-state index contributed by atoms with van der Waals surface area (Å²) in [5.41, 5.74) is 0. The number of hydrogen-bond donors (Lipinski definition) is 1. The fourth-order valence-electron chi connectivity index (χ4n) is 1.31. The largest absolute Gasteiger partial charge is 0.475 e. The number of carboxylic acids is 1. The Morgan fingerprint density at radius 3 is 2.50 bits per heavy atom. The van der Waals surface area contributed by atoms with E-state index in [1.54, 1.807) is 0 Å². The molecule has 1 heterocycles. The first kappa shape index (κ1) is 16.4. The number of carbonyl (C=O) groups is 2. The van der Waals surface area contributed by atoms with Crippen molar-refractivity contribution in [1.82, 2.24) is 0 Å². The minimum Gasteiger partial charge on any atom is -0.475 e. The lowest BCUT2D eigenvalue weighted by atomic mass is 10.2. The first-order chi connectivity index (χ1) is 9.31. The van der Waals surface area contributed by atoms with Crippen molar-refractivity contribution in [2.45, 2.75) is 31.8 Å². The van der Waals surface area contributed by atoms with E-state index in [2.05, 4.69) is 0 Å². The number of rotatable bonds is 7. The van der Waals surface area contributed by atoms with Gasteiger partial charge < -0.3 is 14.3 Å². The molecule has 0 aliphatic heterocycles. The normalized spacial score (nSPS) is 14.0. The maximum absolute atomic E-state index is 12.0. The summed E-state index contributed by atoms with van der Waals surface area (Å²) in [6, 6.07) is 2.73. The van der Waals surface area contributed by atoms with Crippen LogP contribution in [0.2, 0.25) is 0 Å². The van der Waals surface area contributed by atoms with Crippen LogP contribution in [0.4, 0.5) is 0 Å². The highest BCUT2D eigenvalue weighted by molar-refractivity contribution is 7.85. The molecule has 20 heavy (non-hydrogen) atoms. The molecule has 0 spiro atoms. The lowest BCUT2D eigenvalue weighted by Gasteiger charge is -2.12. The quantitative estimate of drug-likeness (QED) is 0.772. The van der Waals surface area contributed by atoms with E-state index in [0.717, 1.165) is 0 Å². The minimum absolute atomic E-state index is 0.0226. The van der Waals surface area contributed by atoms with Crippen molar-refractivity contribution in [2.75, 3.05) is 6.61 Å². The summed E-state index contributed by atoms with van der Waals surface area (Å²) in [7, 11) is -1.52. The second-order valence-corrected chi connectivity index (χ2v) is 6.52.